The quantitative estimate of drug-likeness (QED) is 0.604. The van der Waals surface area contributed by atoms with E-state index >= 15 is 0 Å². The van der Waals surface area contributed by atoms with Crippen molar-refractivity contribution in [3.8, 4) is 11.4 Å². The van der Waals surface area contributed by atoms with Crippen LogP contribution < -0.4 is 0 Å². The fourth-order valence-corrected chi connectivity index (χ4v) is 3.47. The van der Waals surface area contributed by atoms with E-state index in [0.29, 0.717) is 23.6 Å². The summed E-state index contributed by atoms with van der Waals surface area (Å²) in [5.41, 5.74) is 1.98. The van der Waals surface area contributed by atoms with Gasteiger partial charge in [0, 0.05) is 25.0 Å². The fourth-order valence-electron chi connectivity index (χ4n) is 3.34. The van der Waals surface area contributed by atoms with Crippen LogP contribution in [0.3, 0.4) is 0 Å². The van der Waals surface area contributed by atoms with Gasteiger partial charge >= 0.3 is 0 Å². The lowest BCUT2D eigenvalue weighted by molar-refractivity contribution is 0.0583. The summed E-state index contributed by atoms with van der Waals surface area (Å²) in [5, 5.41) is 0.0999. The van der Waals surface area contributed by atoms with E-state index in [2.05, 4.69) is 19.9 Å². The van der Waals surface area contributed by atoms with Crippen molar-refractivity contribution in [2.75, 3.05) is 0 Å². The van der Waals surface area contributed by atoms with Gasteiger partial charge in [-0.05, 0) is 43.1 Å². The van der Waals surface area contributed by atoms with Crippen molar-refractivity contribution in [2.24, 2.45) is 0 Å². The Bertz CT molecular complexity index is 1090. The zero-order valence-electron chi connectivity index (χ0n) is 15.7. The molecule has 0 aromatic carbocycles. The summed E-state index contributed by atoms with van der Waals surface area (Å²) < 4.78 is 27.6. The molecule has 0 unspecified atom stereocenters. The molecule has 3 aromatic rings. The normalized spacial score (nSPS) is 16.4. The van der Waals surface area contributed by atoms with E-state index in [1.165, 1.54) is 12.1 Å². The molecule has 0 saturated carbocycles. The number of aromatic nitrogens is 5. The highest BCUT2D eigenvalue weighted by Crippen LogP contribution is 2.26. The van der Waals surface area contributed by atoms with Gasteiger partial charge in [-0.25, -0.2) is 28.7 Å². The minimum absolute atomic E-state index is 0.0999. The van der Waals surface area contributed by atoms with Crippen LogP contribution in [-0.2, 0) is 13.1 Å². The van der Waals surface area contributed by atoms with Crippen molar-refractivity contribution in [3.05, 3.63) is 58.7 Å². The molecular weight excluding hydrogens is 402 g/mol. The van der Waals surface area contributed by atoms with Crippen LogP contribution in [-0.4, -0.2) is 41.4 Å². The van der Waals surface area contributed by atoms with E-state index in [1.54, 1.807) is 27.9 Å². The topological polar surface area (TPSA) is 76.8 Å². The van der Waals surface area contributed by atoms with Crippen LogP contribution in [0.4, 0.5) is 8.78 Å². The number of hydrogen-bond donors (Lipinski definition) is 0. The van der Waals surface area contributed by atoms with Gasteiger partial charge in [-0.15, -0.1) is 0 Å². The molecule has 0 fully saturated rings. The second kappa shape index (κ2) is 7.47. The van der Waals surface area contributed by atoms with Crippen LogP contribution >= 0.6 is 11.6 Å². The first kappa shape index (κ1) is 19.4. The Morgan fingerprint density at radius 2 is 2.07 bits per heavy atom. The Morgan fingerprint density at radius 3 is 2.83 bits per heavy atom. The SMILES string of the molecule is Cc1cnc(Cl)nc1-c1cn2c(n1)C(=O)N(Cc1cccc(C(F)F)n1)[C@H](C)C2. The molecule has 29 heavy (non-hydrogen) atoms. The highest BCUT2D eigenvalue weighted by atomic mass is 35.5. The summed E-state index contributed by atoms with van der Waals surface area (Å²) in [7, 11) is 0. The first-order valence-corrected chi connectivity index (χ1v) is 9.33. The first-order valence-electron chi connectivity index (χ1n) is 8.95. The van der Waals surface area contributed by atoms with Crippen LogP contribution in [0.25, 0.3) is 11.4 Å². The number of fused-ring (bicyclic) bond motifs is 1. The van der Waals surface area contributed by atoms with Gasteiger partial charge in [0.1, 0.15) is 11.4 Å². The molecule has 3 aromatic heterocycles. The van der Waals surface area contributed by atoms with Crippen molar-refractivity contribution in [3.63, 3.8) is 0 Å². The van der Waals surface area contributed by atoms with Gasteiger partial charge in [-0.1, -0.05) is 6.07 Å². The molecule has 0 aliphatic carbocycles. The third-order valence-corrected chi connectivity index (χ3v) is 4.97. The lowest BCUT2D eigenvalue weighted by Gasteiger charge is -2.33. The summed E-state index contributed by atoms with van der Waals surface area (Å²) >= 11 is 5.90. The molecule has 7 nitrogen and oxygen atoms in total. The number of carbonyl (C=O) groups excluding carboxylic acids is 1. The van der Waals surface area contributed by atoms with Gasteiger partial charge in [0.05, 0.1) is 17.9 Å². The predicted molar refractivity (Wildman–Crippen MR) is 102 cm³/mol. The van der Waals surface area contributed by atoms with Crippen LogP contribution in [0.2, 0.25) is 5.28 Å². The molecule has 4 rings (SSSR count). The van der Waals surface area contributed by atoms with E-state index in [1.807, 2.05) is 13.8 Å². The van der Waals surface area contributed by atoms with E-state index < -0.39 is 6.43 Å². The number of hydrogen-bond acceptors (Lipinski definition) is 5. The summed E-state index contributed by atoms with van der Waals surface area (Å²) in [6.07, 6.45) is 0.706. The molecule has 150 valence electrons. The van der Waals surface area contributed by atoms with Crippen molar-refractivity contribution in [1.29, 1.82) is 0 Å². The number of alkyl halides is 2. The molecule has 1 amide bonds. The smallest absolute Gasteiger partial charge is 0.290 e. The fraction of sp³-hybridized carbons (Fsp3) is 0.316. The van der Waals surface area contributed by atoms with Crippen molar-refractivity contribution >= 4 is 17.5 Å². The maximum Gasteiger partial charge on any atom is 0.290 e. The first-order chi connectivity index (χ1) is 13.8. The molecule has 10 heteroatoms. The average Bonchev–Trinajstić information content (AvgIpc) is 3.11. The number of imidazole rings is 1. The molecule has 0 saturated heterocycles. The highest BCUT2D eigenvalue weighted by Gasteiger charge is 2.32. The summed E-state index contributed by atoms with van der Waals surface area (Å²) in [4.78, 5) is 31.2. The van der Waals surface area contributed by atoms with Crippen molar-refractivity contribution < 1.29 is 13.6 Å². The number of rotatable bonds is 4. The monoisotopic (exact) mass is 418 g/mol. The molecule has 1 atom stereocenters. The van der Waals surface area contributed by atoms with Crippen LogP contribution in [0.1, 0.15) is 40.9 Å². The molecular formula is C19H17ClF2N6O. The zero-order valence-corrected chi connectivity index (χ0v) is 16.4. The van der Waals surface area contributed by atoms with Crippen molar-refractivity contribution in [1.82, 2.24) is 29.4 Å². The van der Waals surface area contributed by atoms with Gasteiger partial charge in [-0.2, -0.15) is 0 Å². The van der Waals surface area contributed by atoms with E-state index in [4.69, 9.17) is 11.6 Å². The van der Waals surface area contributed by atoms with Crippen LogP contribution in [0, 0.1) is 6.92 Å². The maximum atomic E-state index is 13.1. The van der Waals surface area contributed by atoms with Crippen LogP contribution in [0.15, 0.2) is 30.6 Å². The average molecular weight is 419 g/mol. The Kier molecular flexibility index (Phi) is 4.99. The molecule has 0 radical (unpaired) electrons. The zero-order chi connectivity index (χ0) is 20.7. The Hall–Kier alpha value is -2.94. The number of aryl methyl sites for hydroxylation is 1. The highest BCUT2D eigenvalue weighted by molar-refractivity contribution is 6.28. The Morgan fingerprint density at radius 1 is 1.28 bits per heavy atom. The van der Waals surface area contributed by atoms with Gasteiger partial charge in [0.25, 0.3) is 12.3 Å². The van der Waals surface area contributed by atoms with Gasteiger partial charge in [0.2, 0.25) is 5.28 Å². The van der Waals surface area contributed by atoms with E-state index in [9.17, 15) is 13.6 Å². The molecule has 1 aliphatic heterocycles. The lowest BCUT2D eigenvalue weighted by atomic mass is 10.2. The third-order valence-electron chi connectivity index (χ3n) is 4.79. The molecule has 0 N–H and O–H groups in total. The van der Waals surface area contributed by atoms with Crippen molar-refractivity contribution in [2.45, 2.75) is 39.4 Å². The number of carbonyl (C=O) groups is 1. The summed E-state index contributed by atoms with van der Waals surface area (Å²) in [5.74, 6) is -0.0331. The molecule has 0 spiro atoms. The largest absolute Gasteiger partial charge is 0.326 e. The van der Waals surface area contributed by atoms with E-state index in [0.717, 1.165) is 5.56 Å². The summed E-state index contributed by atoms with van der Waals surface area (Å²) in [6, 6.07) is 4.25. The second-order valence-corrected chi connectivity index (χ2v) is 7.25. The van der Waals surface area contributed by atoms with Gasteiger partial charge in [0.15, 0.2) is 5.82 Å². The van der Waals surface area contributed by atoms with Gasteiger partial charge in [-0.3, -0.25) is 4.79 Å². The maximum absolute atomic E-state index is 13.1. The standard InChI is InChI=1S/C19H17ClF2N6O/c1-10-6-23-19(20)26-15(10)14-9-27-7-11(2)28(18(29)17(27)25-14)8-12-4-3-5-13(24-12)16(21)22/h3-6,9,11,16H,7-8H2,1-2H3/t11-/m1/s1. The Labute approximate surface area is 170 Å². The Balaban J connectivity index is 1.64. The number of nitrogens with zero attached hydrogens (tertiary/aromatic N) is 6. The number of amides is 1. The number of pyridine rings is 1. The minimum atomic E-state index is -2.66. The minimum Gasteiger partial charge on any atom is -0.326 e. The van der Waals surface area contributed by atoms with Crippen LogP contribution in [0.5, 0.6) is 0 Å². The molecule has 4 heterocycles. The third kappa shape index (κ3) is 3.69. The lowest BCUT2D eigenvalue weighted by Crippen LogP contribution is -2.46. The predicted octanol–water partition coefficient (Wildman–Crippen LogP) is 3.68. The summed E-state index contributed by atoms with van der Waals surface area (Å²) in [6.45, 7) is 4.37. The second-order valence-electron chi connectivity index (χ2n) is 6.91. The number of halogens is 3. The molecule has 1 aliphatic rings. The molecule has 0 bridgehead atoms. The van der Waals surface area contributed by atoms with E-state index in [-0.39, 0.29) is 35.3 Å². The van der Waals surface area contributed by atoms with Gasteiger partial charge < -0.3 is 9.47 Å².